The standard InChI is InChI=1S/C18H21FN2O3S2/c1-11-3-4-15(19)13(9-11)5-7-20-18(22)21-16-10-12(2)26(23,24)17-14(16)6-8-25-17/h3-4,6,8-9,12,16H,5,7,10H2,1-2H3,(H2,20,21,22)/t12-,16-/m0/s1. The molecule has 2 aromatic rings. The number of aryl methyl sites for hydroxylation is 1. The molecule has 1 aliphatic heterocycles. The quantitative estimate of drug-likeness (QED) is 0.832. The Bertz CT molecular complexity index is 924. The number of rotatable bonds is 4. The van der Waals surface area contributed by atoms with E-state index in [9.17, 15) is 17.6 Å². The number of hydrogen-bond acceptors (Lipinski definition) is 4. The SMILES string of the molecule is Cc1ccc(F)c(CCNC(=O)N[C@H]2C[C@H](C)S(=O)(=O)c3sccc32)c1. The molecule has 1 aromatic heterocycles. The monoisotopic (exact) mass is 396 g/mol. The van der Waals surface area contributed by atoms with E-state index < -0.39 is 15.1 Å². The van der Waals surface area contributed by atoms with E-state index in [0.717, 1.165) is 5.56 Å². The zero-order chi connectivity index (χ0) is 18.9. The Balaban J connectivity index is 1.60. The predicted molar refractivity (Wildman–Crippen MR) is 99.7 cm³/mol. The maximum atomic E-state index is 13.7. The van der Waals surface area contributed by atoms with Crippen molar-refractivity contribution in [1.29, 1.82) is 0 Å². The second-order valence-electron chi connectivity index (χ2n) is 6.55. The summed E-state index contributed by atoms with van der Waals surface area (Å²) < 4.78 is 38.7. The zero-order valence-electron chi connectivity index (χ0n) is 14.6. The summed E-state index contributed by atoms with van der Waals surface area (Å²) >= 11 is 1.18. The smallest absolute Gasteiger partial charge is 0.315 e. The van der Waals surface area contributed by atoms with Crippen molar-refractivity contribution >= 4 is 27.2 Å². The average molecular weight is 397 g/mol. The van der Waals surface area contributed by atoms with Gasteiger partial charge in [0.2, 0.25) is 0 Å². The van der Waals surface area contributed by atoms with Crippen LogP contribution in [-0.4, -0.2) is 26.2 Å². The van der Waals surface area contributed by atoms with Gasteiger partial charge in [0.1, 0.15) is 10.0 Å². The van der Waals surface area contributed by atoms with Gasteiger partial charge in [0.05, 0.1) is 11.3 Å². The number of carbonyl (C=O) groups is 1. The fraction of sp³-hybridized carbons (Fsp3) is 0.389. The summed E-state index contributed by atoms with van der Waals surface area (Å²) in [7, 11) is -3.30. The van der Waals surface area contributed by atoms with Crippen LogP contribution in [0.2, 0.25) is 0 Å². The van der Waals surface area contributed by atoms with Gasteiger partial charge in [-0.25, -0.2) is 17.6 Å². The molecule has 0 radical (unpaired) electrons. The van der Waals surface area contributed by atoms with Crippen molar-refractivity contribution in [2.45, 2.75) is 42.2 Å². The molecule has 0 aliphatic carbocycles. The second-order valence-corrected chi connectivity index (χ2v) is 10.0. The third kappa shape index (κ3) is 3.76. The predicted octanol–water partition coefficient (Wildman–Crippen LogP) is 3.34. The summed E-state index contributed by atoms with van der Waals surface area (Å²) in [5, 5.41) is 6.75. The summed E-state index contributed by atoms with van der Waals surface area (Å²) in [6.07, 6.45) is 0.728. The number of carbonyl (C=O) groups excluding carboxylic acids is 1. The van der Waals surface area contributed by atoms with Crippen molar-refractivity contribution in [2.24, 2.45) is 0 Å². The van der Waals surface area contributed by atoms with E-state index in [4.69, 9.17) is 0 Å². The van der Waals surface area contributed by atoms with Crippen LogP contribution < -0.4 is 10.6 Å². The van der Waals surface area contributed by atoms with Gasteiger partial charge in [-0.1, -0.05) is 17.7 Å². The molecule has 0 spiro atoms. The highest BCUT2D eigenvalue weighted by molar-refractivity contribution is 7.94. The summed E-state index contributed by atoms with van der Waals surface area (Å²) in [6.45, 7) is 3.84. The van der Waals surface area contributed by atoms with Crippen molar-refractivity contribution in [1.82, 2.24) is 10.6 Å². The molecule has 0 fully saturated rings. The van der Waals surface area contributed by atoms with Crippen molar-refractivity contribution in [2.75, 3.05) is 6.54 Å². The number of fused-ring (bicyclic) bond motifs is 1. The molecule has 2 atom stereocenters. The second kappa shape index (κ2) is 7.36. The Morgan fingerprint density at radius 1 is 1.35 bits per heavy atom. The van der Waals surface area contributed by atoms with Gasteiger partial charge in [0.25, 0.3) is 0 Å². The Kier molecular flexibility index (Phi) is 5.34. The maximum Gasteiger partial charge on any atom is 0.315 e. The average Bonchev–Trinajstić information content (AvgIpc) is 3.07. The van der Waals surface area contributed by atoms with Crippen molar-refractivity contribution < 1.29 is 17.6 Å². The number of sulfone groups is 1. The Labute approximate surface area is 156 Å². The molecule has 2 N–H and O–H groups in total. The number of hydrogen-bond donors (Lipinski definition) is 2. The maximum absolute atomic E-state index is 13.7. The molecule has 8 heteroatoms. The topological polar surface area (TPSA) is 75.3 Å². The molecule has 26 heavy (non-hydrogen) atoms. The van der Waals surface area contributed by atoms with Gasteiger partial charge in [-0.3, -0.25) is 0 Å². The number of nitrogens with one attached hydrogen (secondary N) is 2. The van der Waals surface area contributed by atoms with Crippen LogP contribution in [0, 0.1) is 12.7 Å². The van der Waals surface area contributed by atoms with Crippen LogP contribution in [0.3, 0.4) is 0 Å². The van der Waals surface area contributed by atoms with Gasteiger partial charge in [0.15, 0.2) is 9.84 Å². The normalized spacial score (nSPS) is 21.0. The van der Waals surface area contributed by atoms with E-state index in [1.807, 2.05) is 6.92 Å². The van der Waals surface area contributed by atoms with E-state index in [0.29, 0.717) is 34.7 Å². The third-order valence-electron chi connectivity index (χ3n) is 4.58. The molecule has 0 saturated heterocycles. The lowest BCUT2D eigenvalue weighted by Gasteiger charge is -2.28. The van der Waals surface area contributed by atoms with Crippen LogP contribution in [0.4, 0.5) is 9.18 Å². The molecular weight excluding hydrogens is 375 g/mol. The van der Waals surface area contributed by atoms with Crippen LogP contribution in [0.25, 0.3) is 0 Å². The van der Waals surface area contributed by atoms with Gasteiger partial charge in [0, 0.05) is 12.1 Å². The lowest BCUT2D eigenvalue weighted by molar-refractivity contribution is 0.236. The molecule has 140 valence electrons. The van der Waals surface area contributed by atoms with Crippen molar-refractivity contribution in [3.05, 3.63) is 52.2 Å². The molecule has 1 aliphatic rings. The Morgan fingerprint density at radius 2 is 2.12 bits per heavy atom. The fourth-order valence-electron chi connectivity index (χ4n) is 3.12. The molecule has 1 aromatic carbocycles. The Hall–Kier alpha value is -1.93. The first-order valence-corrected chi connectivity index (χ1v) is 10.8. The summed E-state index contributed by atoms with van der Waals surface area (Å²) in [5.41, 5.74) is 2.17. The molecule has 0 saturated carbocycles. The molecule has 0 bridgehead atoms. The van der Waals surface area contributed by atoms with E-state index >= 15 is 0 Å². The number of urea groups is 1. The van der Waals surface area contributed by atoms with E-state index in [-0.39, 0.29) is 17.9 Å². The van der Waals surface area contributed by atoms with E-state index in [1.54, 1.807) is 30.5 Å². The highest BCUT2D eigenvalue weighted by Gasteiger charge is 2.37. The molecule has 5 nitrogen and oxygen atoms in total. The number of benzene rings is 1. The minimum absolute atomic E-state index is 0.285. The van der Waals surface area contributed by atoms with Crippen LogP contribution in [0.15, 0.2) is 33.9 Å². The summed E-state index contributed by atoms with van der Waals surface area (Å²) in [6, 6.07) is 5.91. The van der Waals surface area contributed by atoms with Crippen LogP contribution in [0.5, 0.6) is 0 Å². The number of halogens is 1. The number of thiophene rings is 1. The largest absolute Gasteiger partial charge is 0.338 e. The van der Waals surface area contributed by atoms with Gasteiger partial charge in [-0.05, 0) is 49.8 Å². The minimum Gasteiger partial charge on any atom is -0.338 e. The van der Waals surface area contributed by atoms with Crippen LogP contribution in [-0.2, 0) is 16.3 Å². The van der Waals surface area contributed by atoms with E-state index in [2.05, 4.69) is 10.6 Å². The summed E-state index contributed by atoms with van der Waals surface area (Å²) in [4.78, 5) is 12.2. The molecule has 0 unspecified atom stereocenters. The highest BCUT2D eigenvalue weighted by atomic mass is 32.2. The molecule has 2 amide bonds. The fourth-order valence-corrected chi connectivity index (χ4v) is 6.35. The highest BCUT2D eigenvalue weighted by Crippen LogP contribution is 2.39. The lowest BCUT2D eigenvalue weighted by Crippen LogP contribution is -2.42. The first-order valence-electron chi connectivity index (χ1n) is 8.39. The Morgan fingerprint density at radius 3 is 2.88 bits per heavy atom. The zero-order valence-corrected chi connectivity index (χ0v) is 16.2. The molecule has 2 heterocycles. The van der Waals surface area contributed by atoms with E-state index in [1.165, 1.54) is 17.4 Å². The molecular formula is C18H21FN2O3S2. The first kappa shape index (κ1) is 18.8. The van der Waals surface area contributed by atoms with Crippen LogP contribution in [0.1, 0.15) is 36.1 Å². The van der Waals surface area contributed by atoms with Gasteiger partial charge < -0.3 is 10.6 Å². The summed E-state index contributed by atoms with van der Waals surface area (Å²) in [5.74, 6) is -0.285. The van der Waals surface area contributed by atoms with Gasteiger partial charge in [-0.15, -0.1) is 11.3 Å². The van der Waals surface area contributed by atoms with Crippen molar-refractivity contribution in [3.63, 3.8) is 0 Å². The first-order chi connectivity index (χ1) is 12.3. The minimum atomic E-state index is -3.30. The lowest BCUT2D eigenvalue weighted by atomic mass is 10.1. The molecule has 3 rings (SSSR count). The van der Waals surface area contributed by atoms with Crippen LogP contribution >= 0.6 is 11.3 Å². The van der Waals surface area contributed by atoms with Crippen molar-refractivity contribution in [3.8, 4) is 0 Å². The third-order valence-corrected chi connectivity index (χ3v) is 8.29. The van der Waals surface area contributed by atoms with Gasteiger partial charge in [-0.2, -0.15) is 0 Å². The van der Waals surface area contributed by atoms with Gasteiger partial charge >= 0.3 is 6.03 Å². The number of amides is 2.